The minimum Gasteiger partial charge on any atom is -0.478 e. The topological polar surface area (TPSA) is 55.1 Å². The Morgan fingerprint density at radius 1 is 1.47 bits per heavy atom. The third-order valence-electron chi connectivity index (χ3n) is 2.76. The van der Waals surface area contributed by atoms with Crippen LogP contribution in [-0.2, 0) is 6.54 Å². The van der Waals surface area contributed by atoms with Gasteiger partial charge in [-0.1, -0.05) is 0 Å². The second kappa shape index (κ2) is 4.33. The highest BCUT2D eigenvalue weighted by atomic mass is 32.1. The molecule has 2 rings (SSSR count). The maximum atomic E-state index is 11.0. The Labute approximate surface area is 104 Å². The molecule has 0 spiro atoms. The average Bonchev–Trinajstić information content (AvgIpc) is 2.77. The zero-order chi connectivity index (χ0) is 12.6. The summed E-state index contributed by atoms with van der Waals surface area (Å²) < 4.78 is 1.99. The van der Waals surface area contributed by atoms with Gasteiger partial charge in [0, 0.05) is 22.5 Å². The summed E-state index contributed by atoms with van der Waals surface area (Å²) in [6.07, 6.45) is 0. The zero-order valence-electron chi connectivity index (χ0n) is 10.0. The molecule has 0 aliphatic rings. The Morgan fingerprint density at radius 2 is 2.18 bits per heavy atom. The average molecular weight is 250 g/mol. The Hall–Kier alpha value is -1.62. The minimum atomic E-state index is -0.875. The first-order chi connectivity index (χ1) is 7.99. The Kier molecular flexibility index (Phi) is 3.02. The van der Waals surface area contributed by atoms with Gasteiger partial charge in [0.25, 0.3) is 0 Å². The molecule has 1 N–H and O–H groups in total. The van der Waals surface area contributed by atoms with E-state index < -0.39 is 5.97 Å². The van der Waals surface area contributed by atoms with Crippen molar-refractivity contribution in [3.63, 3.8) is 0 Å². The number of rotatable bonds is 3. The standard InChI is InChI=1S/C12H14N2O2S/c1-7-6-17-11(13-7)5-14-8(2)4-10(9(14)3)12(15)16/h4,6H,5H2,1-3H3,(H,15,16). The van der Waals surface area contributed by atoms with Gasteiger partial charge in [-0.15, -0.1) is 11.3 Å². The Balaban J connectivity index is 2.36. The van der Waals surface area contributed by atoms with Crippen LogP contribution in [0.4, 0.5) is 0 Å². The van der Waals surface area contributed by atoms with Crippen LogP contribution in [0, 0.1) is 20.8 Å². The number of hydrogen-bond acceptors (Lipinski definition) is 3. The number of nitrogens with zero attached hydrogens (tertiary/aromatic N) is 2. The predicted molar refractivity (Wildman–Crippen MR) is 66.8 cm³/mol. The first-order valence-electron chi connectivity index (χ1n) is 5.30. The van der Waals surface area contributed by atoms with Gasteiger partial charge >= 0.3 is 5.97 Å². The summed E-state index contributed by atoms with van der Waals surface area (Å²) >= 11 is 1.60. The van der Waals surface area contributed by atoms with Gasteiger partial charge in [0.15, 0.2) is 0 Å². The van der Waals surface area contributed by atoms with Gasteiger partial charge in [0.05, 0.1) is 12.1 Å². The van der Waals surface area contributed by atoms with Crippen molar-refractivity contribution in [3.05, 3.63) is 39.1 Å². The van der Waals surface area contributed by atoms with Crippen LogP contribution in [0.5, 0.6) is 0 Å². The number of carboxylic acid groups (broad SMARTS) is 1. The molecule has 5 heteroatoms. The van der Waals surface area contributed by atoms with Crippen molar-refractivity contribution in [3.8, 4) is 0 Å². The third kappa shape index (κ3) is 2.24. The SMILES string of the molecule is Cc1csc(Cn2c(C)cc(C(=O)O)c2C)n1. The molecule has 0 bridgehead atoms. The van der Waals surface area contributed by atoms with Gasteiger partial charge in [-0.3, -0.25) is 0 Å². The quantitative estimate of drug-likeness (QED) is 0.911. The summed E-state index contributed by atoms with van der Waals surface area (Å²) in [5.41, 5.74) is 3.11. The molecular weight excluding hydrogens is 236 g/mol. The molecule has 0 saturated carbocycles. The third-order valence-corrected chi connectivity index (χ3v) is 3.72. The van der Waals surface area contributed by atoms with Gasteiger partial charge in [0.2, 0.25) is 0 Å². The van der Waals surface area contributed by atoms with Gasteiger partial charge < -0.3 is 9.67 Å². The molecule has 2 heterocycles. The molecule has 4 nitrogen and oxygen atoms in total. The lowest BCUT2D eigenvalue weighted by molar-refractivity contribution is 0.0696. The largest absolute Gasteiger partial charge is 0.478 e. The van der Waals surface area contributed by atoms with Crippen LogP contribution in [0.1, 0.15) is 32.4 Å². The second-order valence-corrected chi connectivity index (χ2v) is 5.00. The summed E-state index contributed by atoms with van der Waals surface area (Å²) in [5.74, 6) is -0.875. The molecule has 2 aromatic rings. The number of aromatic nitrogens is 2. The number of aryl methyl sites for hydroxylation is 2. The minimum absolute atomic E-state index is 0.371. The van der Waals surface area contributed by atoms with Crippen LogP contribution in [0.15, 0.2) is 11.4 Å². The fourth-order valence-electron chi connectivity index (χ4n) is 1.87. The van der Waals surface area contributed by atoms with Gasteiger partial charge in [0.1, 0.15) is 5.01 Å². The molecule has 0 atom stereocenters. The van der Waals surface area contributed by atoms with Crippen molar-refractivity contribution in [1.29, 1.82) is 0 Å². The molecule has 0 amide bonds. The normalized spacial score (nSPS) is 10.8. The van der Waals surface area contributed by atoms with E-state index >= 15 is 0 Å². The van der Waals surface area contributed by atoms with E-state index in [-0.39, 0.29) is 0 Å². The summed E-state index contributed by atoms with van der Waals surface area (Å²) in [7, 11) is 0. The lowest BCUT2D eigenvalue weighted by atomic mass is 10.2. The highest BCUT2D eigenvalue weighted by Gasteiger charge is 2.15. The summed E-state index contributed by atoms with van der Waals surface area (Å²) in [6, 6.07) is 1.71. The predicted octanol–water partition coefficient (Wildman–Crippen LogP) is 2.62. The zero-order valence-corrected chi connectivity index (χ0v) is 10.8. The fraction of sp³-hybridized carbons (Fsp3) is 0.333. The molecule has 2 aromatic heterocycles. The van der Waals surface area contributed by atoms with Crippen molar-refractivity contribution in [2.45, 2.75) is 27.3 Å². The van der Waals surface area contributed by atoms with Crippen molar-refractivity contribution >= 4 is 17.3 Å². The molecule has 17 heavy (non-hydrogen) atoms. The molecule has 0 aromatic carbocycles. The van der Waals surface area contributed by atoms with E-state index in [0.29, 0.717) is 12.1 Å². The van der Waals surface area contributed by atoms with Crippen molar-refractivity contribution in [2.75, 3.05) is 0 Å². The van der Waals surface area contributed by atoms with Crippen LogP contribution in [0.25, 0.3) is 0 Å². The fourth-order valence-corrected chi connectivity index (χ4v) is 2.63. The van der Waals surface area contributed by atoms with E-state index in [1.807, 2.05) is 30.7 Å². The molecule has 0 saturated heterocycles. The van der Waals surface area contributed by atoms with Crippen molar-refractivity contribution < 1.29 is 9.90 Å². The maximum absolute atomic E-state index is 11.0. The van der Waals surface area contributed by atoms with Gasteiger partial charge in [-0.25, -0.2) is 9.78 Å². The van der Waals surface area contributed by atoms with Crippen LogP contribution < -0.4 is 0 Å². The molecule has 0 radical (unpaired) electrons. The van der Waals surface area contributed by atoms with Crippen LogP contribution >= 0.6 is 11.3 Å². The molecule has 0 unspecified atom stereocenters. The number of hydrogen-bond donors (Lipinski definition) is 1. The van der Waals surface area contributed by atoms with E-state index in [1.165, 1.54) is 0 Å². The lowest BCUT2D eigenvalue weighted by Gasteiger charge is -2.06. The van der Waals surface area contributed by atoms with E-state index in [4.69, 9.17) is 5.11 Å². The highest BCUT2D eigenvalue weighted by Crippen LogP contribution is 2.18. The lowest BCUT2D eigenvalue weighted by Crippen LogP contribution is -2.05. The maximum Gasteiger partial charge on any atom is 0.337 e. The number of carboxylic acids is 1. The summed E-state index contributed by atoms with van der Waals surface area (Å²) in [6.45, 7) is 6.35. The first-order valence-corrected chi connectivity index (χ1v) is 6.18. The Morgan fingerprint density at radius 3 is 2.65 bits per heavy atom. The number of thiazole rings is 1. The summed E-state index contributed by atoms with van der Waals surface area (Å²) in [5, 5.41) is 12.1. The monoisotopic (exact) mass is 250 g/mol. The summed E-state index contributed by atoms with van der Waals surface area (Å²) in [4.78, 5) is 15.4. The molecule has 0 aliphatic carbocycles. The van der Waals surface area contributed by atoms with E-state index in [1.54, 1.807) is 17.4 Å². The first kappa shape index (κ1) is 11.9. The highest BCUT2D eigenvalue weighted by molar-refractivity contribution is 7.09. The molecule has 0 fully saturated rings. The van der Waals surface area contributed by atoms with Crippen molar-refractivity contribution in [1.82, 2.24) is 9.55 Å². The van der Waals surface area contributed by atoms with E-state index in [9.17, 15) is 4.79 Å². The molecule has 90 valence electrons. The molecule has 0 aliphatic heterocycles. The molecular formula is C12H14N2O2S. The van der Waals surface area contributed by atoms with Crippen LogP contribution in [-0.4, -0.2) is 20.6 Å². The van der Waals surface area contributed by atoms with E-state index in [2.05, 4.69) is 4.98 Å². The smallest absolute Gasteiger partial charge is 0.337 e. The number of carbonyl (C=O) groups is 1. The Bertz CT molecular complexity index is 569. The van der Waals surface area contributed by atoms with Gasteiger partial charge in [-0.2, -0.15) is 0 Å². The van der Waals surface area contributed by atoms with Crippen molar-refractivity contribution in [2.24, 2.45) is 0 Å². The second-order valence-electron chi connectivity index (χ2n) is 4.06. The van der Waals surface area contributed by atoms with Gasteiger partial charge in [-0.05, 0) is 26.8 Å². The van der Waals surface area contributed by atoms with Crippen LogP contribution in [0.3, 0.4) is 0 Å². The number of aromatic carboxylic acids is 1. The van der Waals surface area contributed by atoms with Crippen LogP contribution in [0.2, 0.25) is 0 Å². The van der Waals surface area contributed by atoms with E-state index in [0.717, 1.165) is 22.1 Å².